The van der Waals surface area contributed by atoms with Crippen molar-refractivity contribution in [3.63, 3.8) is 0 Å². The lowest BCUT2D eigenvalue weighted by molar-refractivity contribution is -0.143. The fourth-order valence-corrected chi connectivity index (χ4v) is 11.3. The number of amides is 6. The molecule has 20 nitrogen and oxygen atoms in total. The number of carbonyl (C=O) groups excluding carboxylic acids is 7. The molecule has 2 saturated heterocycles. The van der Waals surface area contributed by atoms with Crippen molar-refractivity contribution in [3.8, 4) is 0 Å². The van der Waals surface area contributed by atoms with Gasteiger partial charge in [-0.3, -0.25) is 49.1 Å². The highest BCUT2D eigenvalue weighted by molar-refractivity contribution is 5.98. The quantitative estimate of drug-likeness (QED) is 0.0498. The van der Waals surface area contributed by atoms with Gasteiger partial charge in [0, 0.05) is 49.6 Å². The molecule has 2 aliphatic heterocycles. The molecule has 0 radical (unpaired) electrons. The summed E-state index contributed by atoms with van der Waals surface area (Å²) < 4.78 is 0. The van der Waals surface area contributed by atoms with E-state index in [2.05, 4.69) is 42.2 Å². The zero-order valence-corrected chi connectivity index (χ0v) is 42.3. The Morgan fingerprint density at radius 1 is 0.784 bits per heavy atom. The van der Waals surface area contributed by atoms with Crippen LogP contribution in [-0.4, -0.2) is 130 Å². The maximum absolute atomic E-state index is 15.0. The molecule has 4 aliphatic rings. The van der Waals surface area contributed by atoms with Gasteiger partial charge >= 0.3 is 5.97 Å². The zero-order valence-electron chi connectivity index (χ0n) is 42.3. The summed E-state index contributed by atoms with van der Waals surface area (Å²) in [5, 5.41) is 38.8. The number of guanidine groups is 1. The van der Waals surface area contributed by atoms with Gasteiger partial charge in [0.1, 0.15) is 30.2 Å². The average molecular weight is 1020 g/mol. The first kappa shape index (κ1) is 54.9. The molecule has 0 unspecified atom stereocenters. The van der Waals surface area contributed by atoms with Crippen LogP contribution in [0.3, 0.4) is 0 Å². The number of H-pyrrole nitrogens is 1. The summed E-state index contributed by atoms with van der Waals surface area (Å²) in [6.07, 6.45) is 10.2. The number of nitrogens with two attached hydrogens (primary N) is 1. The Labute approximate surface area is 432 Å². The van der Waals surface area contributed by atoms with E-state index in [0.29, 0.717) is 51.4 Å². The Bertz CT molecular complexity index is 2470. The molecule has 0 spiro atoms. The van der Waals surface area contributed by atoms with Crippen LogP contribution in [0.4, 0.5) is 0 Å². The highest BCUT2D eigenvalue weighted by Gasteiger charge is 2.45. The number of benzene rings is 2. The number of Topliss-reactive ketones (excluding diaryl/α,β-unsaturated/α-hetero) is 1. The van der Waals surface area contributed by atoms with Crippen molar-refractivity contribution in [2.45, 2.75) is 170 Å². The fraction of sp³-hybridized carbons (Fsp3) is 0.574. The van der Waals surface area contributed by atoms with Gasteiger partial charge in [-0.15, -0.1) is 0 Å². The van der Waals surface area contributed by atoms with Crippen molar-refractivity contribution in [2.24, 2.45) is 11.7 Å². The van der Waals surface area contributed by atoms with Crippen LogP contribution in [0.25, 0.3) is 10.9 Å². The Morgan fingerprint density at radius 2 is 1.49 bits per heavy atom. The van der Waals surface area contributed by atoms with Crippen LogP contribution in [-0.2, 0) is 51.2 Å². The number of fused-ring (bicyclic) bond motifs is 2. The topological polar surface area (TPSA) is 310 Å². The van der Waals surface area contributed by atoms with Crippen LogP contribution in [0.2, 0.25) is 0 Å². The normalized spacial score (nSPS) is 23.8. The summed E-state index contributed by atoms with van der Waals surface area (Å²) in [7, 11) is 0. The third kappa shape index (κ3) is 14.9. The summed E-state index contributed by atoms with van der Waals surface area (Å²) in [6, 6.07) is 10.3. The van der Waals surface area contributed by atoms with Crippen LogP contribution in [0.15, 0.2) is 60.8 Å². The van der Waals surface area contributed by atoms with Crippen molar-refractivity contribution in [1.29, 1.82) is 5.41 Å². The number of hydrogen-bond acceptors (Lipinski definition) is 10. The average Bonchev–Trinajstić information content (AvgIpc) is 4.18. The fourth-order valence-electron chi connectivity index (χ4n) is 11.3. The maximum atomic E-state index is 15.0. The number of carboxylic acid groups (broad SMARTS) is 1. The van der Waals surface area contributed by atoms with Gasteiger partial charge in [0.15, 0.2) is 11.7 Å². The summed E-state index contributed by atoms with van der Waals surface area (Å²) in [4.78, 5) is 118. The second kappa shape index (κ2) is 26.4. The minimum Gasteiger partial charge on any atom is -0.481 e. The van der Waals surface area contributed by atoms with Gasteiger partial charge in [-0.05, 0) is 87.3 Å². The number of nitrogens with zero attached hydrogens (tertiary/aromatic N) is 1. The summed E-state index contributed by atoms with van der Waals surface area (Å²) >= 11 is 0. The van der Waals surface area contributed by atoms with Crippen molar-refractivity contribution >= 4 is 64.1 Å². The van der Waals surface area contributed by atoms with E-state index in [-0.39, 0.29) is 82.2 Å². The molecule has 6 amide bonds. The lowest BCUT2D eigenvalue weighted by Gasteiger charge is -2.35. The van der Waals surface area contributed by atoms with E-state index in [1.165, 1.54) is 4.90 Å². The van der Waals surface area contributed by atoms with Crippen LogP contribution < -0.4 is 43.0 Å². The minimum absolute atomic E-state index is 0.0334. The second-order valence-corrected chi connectivity index (χ2v) is 20.6. The number of para-hydroxylation sites is 1. The third-order valence-corrected chi connectivity index (χ3v) is 15.3. The van der Waals surface area contributed by atoms with E-state index >= 15 is 0 Å². The summed E-state index contributed by atoms with van der Waals surface area (Å²) in [5.41, 5.74) is 6.77. The number of ketones is 1. The van der Waals surface area contributed by atoms with E-state index in [1.54, 1.807) is 6.20 Å². The molecule has 400 valence electrons. The predicted molar refractivity (Wildman–Crippen MR) is 277 cm³/mol. The maximum Gasteiger partial charge on any atom is 0.303 e. The van der Waals surface area contributed by atoms with E-state index < -0.39 is 83.2 Å². The van der Waals surface area contributed by atoms with E-state index in [0.717, 1.165) is 54.1 Å². The Balaban J connectivity index is 1.19. The van der Waals surface area contributed by atoms with Crippen molar-refractivity contribution in [1.82, 2.24) is 47.1 Å². The smallest absolute Gasteiger partial charge is 0.303 e. The van der Waals surface area contributed by atoms with Crippen LogP contribution in [0.5, 0.6) is 0 Å². The standard InChI is InChI=1S/C54H75N11O9/c55-53(56)58-28-11-20-39-47(69)57-27-12-21-40(61-50(72)43(31-35-16-5-2-6-17-35)64-54(25-9-10-26-54)45(66)23-24-46(67)68)52(74)65-29-13-22-44(65)51(73)63-41(30-34-14-3-1-4-15-34)48(70)62-42(49(71)60-39)32-36-33-59-38-19-8-7-18-37(36)38/h2,5-8,16-19,33-34,39-44,59,64H,1,3-4,9-15,20-32H2,(H,57,69)(H,60,71)(H,61,72)(H,62,70)(H,63,73)(H,67,68)(H4,55,56,58)/t39-,40-,41+,42-,43-,44-/m0/s1. The number of carbonyl (C=O) groups is 8. The van der Waals surface area contributed by atoms with Crippen molar-refractivity contribution < 1.29 is 43.5 Å². The number of nitrogens with one attached hydrogen (secondary N) is 9. The molecule has 2 aliphatic carbocycles. The largest absolute Gasteiger partial charge is 0.481 e. The first-order valence-corrected chi connectivity index (χ1v) is 26.7. The second-order valence-electron chi connectivity index (χ2n) is 20.6. The first-order chi connectivity index (χ1) is 35.7. The lowest BCUT2D eigenvalue weighted by Crippen LogP contribution is -2.62. The first-order valence-electron chi connectivity index (χ1n) is 26.7. The molecule has 2 aromatic carbocycles. The van der Waals surface area contributed by atoms with Crippen LogP contribution in [0.1, 0.15) is 127 Å². The number of aromatic nitrogens is 1. The van der Waals surface area contributed by atoms with Gasteiger partial charge in [-0.25, -0.2) is 0 Å². The molecule has 74 heavy (non-hydrogen) atoms. The highest BCUT2D eigenvalue weighted by Crippen LogP contribution is 2.33. The molecule has 0 bridgehead atoms. The van der Waals surface area contributed by atoms with Gasteiger partial charge in [0.25, 0.3) is 0 Å². The Kier molecular flexibility index (Phi) is 19.6. The Morgan fingerprint density at radius 3 is 2.23 bits per heavy atom. The molecule has 4 fully saturated rings. The number of carboxylic acids is 1. The van der Waals surface area contributed by atoms with E-state index in [4.69, 9.17) is 11.1 Å². The molecule has 1 aromatic heterocycles. The Hall–Kier alpha value is -6.83. The molecule has 20 heteroatoms. The van der Waals surface area contributed by atoms with Crippen LogP contribution in [0, 0.1) is 11.3 Å². The van der Waals surface area contributed by atoms with Gasteiger partial charge in [0.2, 0.25) is 35.4 Å². The summed E-state index contributed by atoms with van der Waals surface area (Å²) in [6.45, 7) is 0.483. The highest BCUT2D eigenvalue weighted by atomic mass is 16.4. The minimum atomic E-state index is -1.19. The van der Waals surface area contributed by atoms with Gasteiger partial charge in [-0.1, -0.05) is 93.5 Å². The number of aromatic amines is 1. The number of rotatable bonds is 18. The predicted octanol–water partition coefficient (Wildman–Crippen LogP) is 2.73. The van der Waals surface area contributed by atoms with E-state index in [9.17, 15) is 43.5 Å². The molecule has 6 atom stereocenters. The van der Waals surface area contributed by atoms with Gasteiger partial charge < -0.3 is 52.6 Å². The molecule has 12 N–H and O–H groups in total. The molecule has 3 aromatic rings. The summed E-state index contributed by atoms with van der Waals surface area (Å²) in [5.74, 6) is -4.82. The van der Waals surface area contributed by atoms with Gasteiger partial charge in [0.05, 0.1) is 18.0 Å². The van der Waals surface area contributed by atoms with Crippen LogP contribution >= 0.6 is 0 Å². The molecule has 2 saturated carbocycles. The van der Waals surface area contributed by atoms with Gasteiger partial charge in [-0.2, -0.15) is 0 Å². The molecular weight excluding hydrogens is 947 g/mol. The zero-order chi connectivity index (χ0) is 52.6. The van der Waals surface area contributed by atoms with Crippen molar-refractivity contribution in [3.05, 3.63) is 71.9 Å². The molecule has 7 rings (SSSR count). The molecular formula is C54H75N11O9. The third-order valence-electron chi connectivity index (χ3n) is 15.3. The lowest BCUT2D eigenvalue weighted by atomic mass is 9.84. The number of hydrogen-bond donors (Lipinski definition) is 11. The molecule has 3 heterocycles. The number of aliphatic carboxylic acids is 1. The van der Waals surface area contributed by atoms with Crippen molar-refractivity contribution in [2.75, 3.05) is 19.6 Å². The SMILES string of the molecule is N=C(N)NCCC[C@@H]1NC(=O)[C@H](Cc2c[nH]c3ccccc23)NC(=O)[C@@H](CC2CCCCC2)NC(=O)[C@@H]2CCCN2C(=O)[C@@H](NC(=O)[C@H](Cc2ccccc2)NC2(C(=O)CCC(=O)O)CCCC2)CCCNC1=O. The van der Waals surface area contributed by atoms with E-state index in [1.807, 2.05) is 54.6 Å². The monoisotopic (exact) mass is 1020 g/mol.